The summed E-state index contributed by atoms with van der Waals surface area (Å²) >= 11 is 3.03. The number of carbonyl (C=O) groups excluding carboxylic acids is 1. The molecule has 3 heterocycles. The molecule has 0 radical (unpaired) electrons. The van der Waals surface area contributed by atoms with Crippen molar-refractivity contribution in [2.75, 3.05) is 12.3 Å². The Balaban J connectivity index is 1.54. The number of likely N-dealkylation sites (tertiary alicyclic amines) is 1. The lowest BCUT2D eigenvalue weighted by Gasteiger charge is -2.33. The summed E-state index contributed by atoms with van der Waals surface area (Å²) in [6.07, 6.45) is 6.43. The van der Waals surface area contributed by atoms with Gasteiger partial charge in [0.2, 0.25) is 5.91 Å². The lowest BCUT2D eigenvalue weighted by Crippen LogP contribution is -2.43. The van der Waals surface area contributed by atoms with Crippen LogP contribution in [-0.2, 0) is 17.6 Å². The molecule has 1 aliphatic carbocycles. The Bertz CT molecular complexity index is 1150. The van der Waals surface area contributed by atoms with Crippen molar-refractivity contribution >= 4 is 39.2 Å². The summed E-state index contributed by atoms with van der Waals surface area (Å²) < 4.78 is 1.70. The number of piperidine rings is 1. The molecule has 1 aromatic carbocycles. The fraction of sp³-hybridized carbons (Fsp3) is 0.435. The molecule has 2 aromatic heterocycles. The van der Waals surface area contributed by atoms with Crippen molar-refractivity contribution in [2.45, 2.75) is 56.6 Å². The van der Waals surface area contributed by atoms with Crippen LogP contribution in [0, 0.1) is 0 Å². The number of thioether (sulfide) groups is 1. The number of aryl methyl sites for hydroxylation is 2. The van der Waals surface area contributed by atoms with Crippen molar-refractivity contribution in [3.63, 3.8) is 0 Å². The summed E-state index contributed by atoms with van der Waals surface area (Å²) in [5.41, 5.74) is 1.98. The number of nitrogens with zero attached hydrogens (tertiary/aromatic N) is 3. The monoisotopic (exact) mass is 439 g/mol. The summed E-state index contributed by atoms with van der Waals surface area (Å²) in [7, 11) is 0. The maximum atomic E-state index is 13.6. The van der Waals surface area contributed by atoms with E-state index in [2.05, 4.69) is 6.92 Å². The Morgan fingerprint density at radius 3 is 2.83 bits per heavy atom. The van der Waals surface area contributed by atoms with E-state index in [4.69, 9.17) is 4.98 Å². The summed E-state index contributed by atoms with van der Waals surface area (Å²) in [6.45, 7) is 2.95. The smallest absolute Gasteiger partial charge is 0.267 e. The lowest BCUT2D eigenvalue weighted by molar-refractivity contribution is -0.131. The van der Waals surface area contributed by atoms with Gasteiger partial charge in [-0.2, -0.15) is 0 Å². The van der Waals surface area contributed by atoms with Crippen molar-refractivity contribution in [1.29, 1.82) is 0 Å². The van der Waals surface area contributed by atoms with Gasteiger partial charge in [0, 0.05) is 17.5 Å². The zero-order valence-electron chi connectivity index (χ0n) is 17.1. The van der Waals surface area contributed by atoms with Crippen molar-refractivity contribution in [3.8, 4) is 5.69 Å². The first-order valence-electron chi connectivity index (χ1n) is 10.7. The third kappa shape index (κ3) is 3.48. The average Bonchev–Trinajstić information content (AvgIpc) is 3.34. The van der Waals surface area contributed by atoms with Crippen LogP contribution in [0.1, 0.15) is 43.0 Å². The molecule has 1 saturated heterocycles. The Labute approximate surface area is 184 Å². The van der Waals surface area contributed by atoms with Crippen LogP contribution in [0.25, 0.3) is 15.9 Å². The van der Waals surface area contributed by atoms with Crippen LogP contribution in [-0.4, -0.2) is 38.7 Å². The summed E-state index contributed by atoms with van der Waals surface area (Å²) in [5.74, 6) is 0.440. The fourth-order valence-corrected chi connectivity index (χ4v) is 6.81. The van der Waals surface area contributed by atoms with E-state index in [1.165, 1.54) is 28.6 Å². The van der Waals surface area contributed by atoms with Crippen LogP contribution in [0.5, 0.6) is 0 Å². The van der Waals surface area contributed by atoms with E-state index >= 15 is 0 Å². The van der Waals surface area contributed by atoms with Crippen molar-refractivity contribution < 1.29 is 4.79 Å². The van der Waals surface area contributed by atoms with Gasteiger partial charge in [0.05, 0.1) is 16.8 Å². The van der Waals surface area contributed by atoms with E-state index in [1.807, 2.05) is 35.2 Å². The highest BCUT2D eigenvalue weighted by Crippen LogP contribution is 2.36. The zero-order valence-corrected chi connectivity index (χ0v) is 18.7. The number of rotatable bonds is 4. The number of benzene rings is 1. The third-order valence-corrected chi connectivity index (χ3v) is 8.28. The second-order valence-corrected chi connectivity index (χ2v) is 10.2. The van der Waals surface area contributed by atoms with Gasteiger partial charge in [0.1, 0.15) is 4.83 Å². The molecule has 30 heavy (non-hydrogen) atoms. The number of hydrogen-bond donors (Lipinski definition) is 0. The maximum Gasteiger partial charge on any atom is 0.267 e. The van der Waals surface area contributed by atoms with Crippen molar-refractivity contribution in [3.05, 3.63) is 51.1 Å². The van der Waals surface area contributed by atoms with E-state index in [-0.39, 0.29) is 11.5 Å². The molecule has 1 aliphatic heterocycles. The number of carbonyl (C=O) groups is 1. The number of aromatic nitrogens is 2. The molecule has 7 heteroatoms. The van der Waals surface area contributed by atoms with Crippen LogP contribution >= 0.6 is 23.1 Å². The van der Waals surface area contributed by atoms with Crippen LogP contribution in [0.2, 0.25) is 0 Å². The number of amides is 1. The van der Waals surface area contributed by atoms with Gasteiger partial charge in [-0.25, -0.2) is 4.98 Å². The van der Waals surface area contributed by atoms with Gasteiger partial charge in [-0.3, -0.25) is 14.2 Å². The standard InChI is InChI=1S/C23H25N3O2S2/c1-15-8-5-6-13-25(15)19(27)14-29-23-24-21-20(17-11-7-12-18(17)30-21)22(28)26(23)16-9-3-2-4-10-16/h2-4,9-10,15H,5-8,11-14H2,1H3/t15-/m1/s1. The quantitative estimate of drug-likeness (QED) is 0.446. The first-order valence-corrected chi connectivity index (χ1v) is 12.5. The van der Waals surface area contributed by atoms with Gasteiger partial charge >= 0.3 is 0 Å². The van der Waals surface area contributed by atoms with Crippen LogP contribution in [0.4, 0.5) is 0 Å². The summed E-state index contributed by atoms with van der Waals surface area (Å²) in [5, 5.41) is 1.38. The summed E-state index contributed by atoms with van der Waals surface area (Å²) in [4.78, 5) is 35.5. The highest BCUT2D eigenvalue weighted by molar-refractivity contribution is 7.99. The number of thiophene rings is 1. The SMILES string of the molecule is C[C@@H]1CCCCN1C(=O)CSc1nc2sc3c(c2c(=O)n1-c1ccccc1)CCC3. The van der Waals surface area contributed by atoms with Gasteiger partial charge in [-0.1, -0.05) is 30.0 Å². The van der Waals surface area contributed by atoms with Crippen molar-refractivity contribution in [1.82, 2.24) is 14.5 Å². The minimum absolute atomic E-state index is 0.00751. The van der Waals surface area contributed by atoms with Crippen LogP contribution < -0.4 is 5.56 Å². The highest BCUT2D eigenvalue weighted by Gasteiger charge is 2.26. The third-order valence-electron chi connectivity index (χ3n) is 6.17. The topological polar surface area (TPSA) is 55.2 Å². The molecule has 1 amide bonds. The zero-order chi connectivity index (χ0) is 20.7. The molecule has 5 rings (SSSR count). The summed E-state index contributed by atoms with van der Waals surface area (Å²) in [6, 6.07) is 9.95. The number of fused-ring (bicyclic) bond motifs is 3. The molecule has 0 spiro atoms. The van der Waals surface area contributed by atoms with E-state index in [0.29, 0.717) is 17.0 Å². The van der Waals surface area contributed by atoms with Gasteiger partial charge in [0.25, 0.3) is 5.56 Å². The molecule has 0 N–H and O–H groups in total. The Morgan fingerprint density at radius 2 is 2.03 bits per heavy atom. The van der Waals surface area contributed by atoms with Gasteiger partial charge in [-0.15, -0.1) is 11.3 Å². The second kappa shape index (κ2) is 8.19. The Kier molecular flexibility index (Phi) is 5.41. The molecule has 1 atom stereocenters. The van der Waals surface area contributed by atoms with Gasteiger partial charge < -0.3 is 4.90 Å². The predicted molar refractivity (Wildman–Crippen MR) is 123 cm³/mol. The molecule has 156 valence electrons. The normalized spacial score (nSPS) is 18.7. The highest BCUT2D eigenvalue weighted by atomic mass is 32.2. The van der Waals surface area contributed by atoms with Gasteiger partial charge in [0.15, 0.2) is 5.16 Å². The Morgan fingerprint density at radius 1 is 1.20 bits per heavy atom. The minimum Gasteiger partial charge on any atom is -0.339 e. The van der Waals surface area contributed by atoms with Crippen LogP contribution in [0.3, 0.4) is 0 Å². The van der Waals surface area contributed by atoms with E-state index in [9.17, 15) is 9.59 Å². The molecular weight excluding hydrogens is 414 g/mol. The molecule has 0 unspecified atom stereocenters. The molecule has 0 bridgehead atoms. The molecule has 3 aromatic rings. The second-order valence-electron chi connectivity index (χ2n) is 8.13. The molecule has 5 nitrogen and oxygen atoms in total. The average molecular weight is 440 g/mol. The fourth-order valence-electron chi connectivity index (χ4n) is 4.60. The van der Waals surface area contributed by atoms with Crippen LogP contribution in [0.15, 0.2) is 40.3 Å². The largest absolute Gasteiger partial charge is 0.339 e. The lowest BCUT2D eigenvalue weighted by atomic mass is 10.0. The maximum absolute atomic E-state index is 13.6. The predicted octanol–water partition coefficient (Wildman–Crippen LogP) is 4.43. The van der Waals surface area contributed by atoms with E-state index in [1.54, 1.807) is 15.9 Å². The Hall–Kier alpha value is -2.12. The van der Waals surface area contributed by atoms with Gasteiger partial charge in [-0.05, 0) is 63.1 Å². The first kappa shape index (κ1) is 19.8. The molecular formula is C23H25N3O2S2. The molecule has 2 aliphatic rings. The first-order chi connectivity index (χ1) is 14.6. The molecule has 1 fully saturated rings. The van der Waals surface area contributed by atoms with E-state index < -0.39 is 0 Å². The van der Waals surface area contributed by atoms with Crippen molar-refractivity contribution in [2.24, 2.45) is 0 Å². The molecule has 0 saturated carbocycles. The number of para-hydroxylation sites is 1. The minimum atomic E-state index is -0.00751. The van der Waals surface area contributed by atoms with E-state index in [0.717, 1.165) is 54.6 Å². The number of hydrogen-bond acceptors (Lipinski definition) is 5.